The predicted octanol–water partition coefficient (Wildman–Crippen LogP) is 4.10. The molecule has 1 amide bonds. The summed E-state index contributed by atoms with van der Waals surface area (Å²) in [6.45, 7) is 7.55. The molecule has 0 spiro atoms. The first-order valence-electron chi connectivity index (χ1n) is 10.7. The molecule has 1 unspecified atom stereocenters. The molecule has 4 heteroatoms. The summed E-state index contributed by atoms with van der Waals surface area (Å²) >= 11 is 0. The zero-order chi connectivity index (χ0) is 18.8. The number of piperidine rings is 1. The molecule has 2 saturated heterocycles. The Morgan fingerprint density at radius 3 is 2.70 bits per heavy atom. The standard InChI is InChI=1S/C23H33N3O/c1-18-21(20-9-3-4-10-22(20)24(18)2)17-25-13-7-8-19(16-25)11-12-23(27)26-14-5-6-15-26/h3-4,9-10,19H,5-8,11-17H2,1-2H3. The molecule has 4 nitrogen and oxygen atoms in total. The van der Waals surface area contributed by atoms with Crippen LogP contribution in [0, 0.1) is 12.8 Å². The summed E-state index contributed by atoms with van der Waals surface area (Å²) in [6, 6.07) is 8.75. The van der Waals surface area contributed by atoms with E-state index in [1.807, 2.05) is 0 Å². The van der Waals surface area contributed by atoms with Crippen molar-refractivity contribution < 1.29 is 4.79 Å². The highest BCUT2D eigenvalue weighted by molar-refractivity contribution is 5.85. The highest BCUT2D eigenvalue weighted by atomic mass is 16.2. The quantitative estimate of drug-likeness (QED) is 0.796. The van der Waals surface area contributed by atoms with E-state index in [1.54, 1.807) is 0 Å². The van der Waals surface area contributed by atoms with Crippen molar-refractivity contribution in [2.45, 2.75) is 52.0 Å². The summed E-state index contributed by atoms with van der Waals surface area (Å²) in [5.41, 5.74) is 4.18. The molecule has 1 aromatic carbocycles. The molecule has 1 atom stereocenters. The minimum Gasteiger partial charge on any atom is -0.348 e. The molecule has 2 fully saturated rings. The number of aromatic nitrogens is 1. The number of hydrogen-bond acceptors (Lipinski definition) is 2. The van der Waals surface area contributed by atoms with Gasteiger partial charge in [0.1, 0.15) is 0 Å². The molecule has 0 radical (unpaired) electrons. The Morgan fingerprint density at radius 2 is 1.89 bits per heavy atom. The number of likely N-dealkylation sites (tertiary alicyclic amines) is 2. The Kier molecular flexibility index (Phi) is 5.53. The molecule has 2 aromatic rings. The Hall–Kier alpha value is -1.81. The number of hydrogen-bond donors (Lipinski definition) is 0. The first kappa shape index (κ1) is 18.5. The monoisotopic (exact) mass is 367 g/mol. The highest BCUT2D eigenvalue weighted by Gasteiger charge is 2.24. The third kappa shape index (κ3) is 3.91. The molecule has 0 N–H and O–H groups in total. The van der Waals surface area contributed by atoms with E-state index >= 15 is 0 Å². The Morgan fingerprint density at radius 1 is 1.11 bits per heavy atom. The molecule has 2 aliphatic heterocycles. The maximum Gasteiger partial charge on any atom is 0.222 e. The lowest BCUT2D eigenvalue weighted by atomic mass is 9.92. The third-order valence-corrected chi connectivity index (χ3v) is 6.74. The zero-order valence-electron chi connectivity index (χ0n) is 16.9. The lowest BCUT2D eigenvalue weighted by Crippen LogP contribution is -2.36. The van der Waals surface area contributed by atoms with Crippen molar-refractivity contribution in [1.29, 1.82) is 0 Å². The fraction of sp³-hybridized carbons (Fsp3) is 0.609. The minimum atomic E-state index is 0.384. The lowest BCUT2D eigenvalue weighted by Gasteiger charge is -2.33. The number of para-hydroxylation sites is 1. The summed E-state index contributed by atoms with van der Waals surface area (Å²) in [7, 11) is 2.17. The van der Waals surface area contributed by atoms with Crippen LogP contribution in [0.2, 0.25) is 0 Å². The van der Waals surface area contributed by atoms with Gasteiger partial charge in [0.2, 0.25) is 5.91 Å². The fourth-order valence-electron chi connectivity index (χ4n) is 5.01. The smallest absolute Gasteiger partial charge is 0.222 e. The van der Waals surface area contributed by atoms with Gasteiger partial charge in [-0.25, -0.2) is 0 Å². The number of fused-ring (bicyclic) bond motifs is 1. The number of aryl methyl sites for hydroxylation is 1. The molecular weight excluding hydrogens is 334 g/mol. The predicted molar refractivity (Wildman–Crippen MR) is 111 cm³/mol. The second-order valence-corrected chi connectivity index (χ2v) is 8.51. The minimum absolute atomic E-state index is 0.384. The summed E-state index contributed by atoms with van der Waals surface area (Å²) < 4.78 is 2.32. The summed E-state index contributed by atoms with van der Waals surface area (Å²) in [4.78, 5) is 17.0. The second-order valence-electron chi connectivity index (χ2n) is 8.51. The van der Waals surface area contributed by atoms with E-state index in [1.165, 1.54) is 54.4 Å². The van der Waals surface area contributed by atoms with Crippen molar-refractivity contribution in [3.63, 3.8) is 0 Å². The van der Waals surface area contributed by atoms with Crippen molar-refractivity contribution in [1.82, 2.24) is 14.4 Å². The average Bonchev–Trinajstić information content (AvgIpc) is 3.31. The Labute approximate surface area is 163 Å². The van der Waals surface area contributed by atoms with Gasteiger partial charge in [0.25, 0.3) is 0 Å². The van der Waals surface area contributed by atoms with E-state index in [9.17, 15) is 4.79 Å². The van der Waals surface area contributed by atoms with Gasteiger partial charge in [-0.2, -0.15) is 0 Å². The van der Waals surface area contributed by atoms with Crippen LogP contribution in [-0.4, -0.2) is 46.5 Å². The molecule has 4 rings (SSSR count). The van der Waals surface area contributed by atoms with Gasteiger partial charge >= 0.3 is 0 Å². The molecule has 27 heavy (non-hydrogen) atoms. The van der Waals surface area contributed by atoms with E-state index < -0.39 is 0 Å². The van der Waals surface area contributed by atoms with Crippen molar-refractivity contribution >= 4 is 16.8 Å². The summed E-state index contributed by atoms with van der Waals surface area (Å²) in [5, 5.41) is 1.39. The number of rotatable bonds is 5. The number of carbonyl (C=O) groups is 1. The van der Waals surface area contributed by atoms with Gasteiger partial charge in [-0.05, 0) is 63.1 Å². The van der Waals surface area contributed by atoms with Crippen LogP contribution in [0.3, 0.4) is 0 Å². The van der Waals surface area contributed by atoms with E-state index in [4.69, 9.17) is 0 Å². The maximum atomic E-state index is 12.4. The van der Waals surface area contributed by atoms with Crippen molar-refractivity contribution in [2.75, 3.05) is 26.2 Å². The van der Waals surface area contributed by atoms with Crippen LogP contribution in [0.1, 0.15) is 49.8 Å². The highest BCUT2D eigenvalue weighted by Crippen LogP contribution is 2.29. The van der Waals surface area contributed by atoms with Crippen LogP contribution in [0.15, 0.2) is 24.3 Å². The molecule has 1 aromatic heterocycles. The normalized spacial score (nSPS) is 21.3. The zero-order valence-corrected chi connectivity index (χ0v) is 16.9. The number of nitrogens with zero attached hydrogens (tertiary/aromatic N) is 3. The molecule has 0 saturated carbocycles. The van der Waals surface area contributed by atoms with Gasteiger partial charge in [0.05, 0.1) is 0 Å². The van der Waals surface area contributed by atoms with Gasteiger partial charge in [-0.1, -0.05) is 18.2 Å². The molecule has 146 valence electrons. The van der Waals surface area contributed by atoms with Crippen LogP contribution in [0.25, 0.3) is 10.9 Å². The second kappa shape index (κ2) is 8.05. The van der Waals surface area contributed by atoms with Gasteiger partial charge in [-0.3, -0.25) is 9.69 Å². The SMILES string of the molecule is Cc1c(CN2CCCC(CCC(=O)N3CCCC3)C2)c2ccccc2n1C. The number of benzene rings is 1. The van der Waals surface area contributed by atoms with Crippen LogP contribution in [0.4, 0.5) is 0 Å². The van der Waals surface area contributed by atoms with Crippen molar-refractivity contribution in [2.24, 2.45) is 13.0 Å². The molecule has 3 heterocycles. The van der Waals surface area contributed by atoms with Crippen molar-refractivity contribution in [3.05, 3.63) is 35.5 Å². The van der Waals surface area contributed by atoms with Crippen LogP contribution >= 0.6 is 0 Å². The van der Waals surface area contributed by atoms with E-state index in [0.717, 1.165) is 39.0 Å². The van der Waals surface area contributed by atoms with E-state index in [-0.39, 0.29) is 0 Å². The number of amides is 1. The van der Waals surface area contributed by atoms with Gasteiger partial charge in [0.15, 0.2) is 0 Å². The van der Waals surface area contributed by atoms with Crippen LogP contribution < -0.4 is 0 Å². The Bertz CT molecular complexity index is 803. The average molecular weight is 368 g/mol. The first-order valence-corrected chi connectivity index (χ1v) is 10.7. The van der Waals surface area contributed by atoms with E-state index in [0.29, 0.717) is 11.8 Å². The molecule has 0 aliphatic carbocycles. The van der Waals surface area contributed by atoms with Gasteiger partial charge in [-0.15, -0.1) is 0 Å². The third-order valence-electron chi connectivity index (χ3n) is 6.74. The largest absolute Gasteiger partial charge is 0.348 e. The fourth-order valence-corrected chi connectivity index (χ4v) is 5.01. The summed E-state index contributed by atoms with van der Waals surface area (Å²) in [5.74, 6) is 1.05. The molecule has 0 bridgehead atoms. The van der Waals surface area contributed by atoms with Crippen molar-refractivity contribution in [3.8, 4) is 0 Å². The Balaban J connectivity index is 1.37. The maximum absolute atomic E-state index is 12.4. The van der Waals surface area contributed by atoms with E-state index in [2.05, 4.69) is 52.6 Å². The molecule has 2 aliphatic rings. The summed E-state index contributed by atoms with van der Waals surface area (Å²) in [6.07, 6.45) is 6.71. The topological polar surface area (TPSA) is 28.5 Å². The van der Waals surface area contributed by atoms with Crippen LogP contribution in [0.5, 0.6) is 0 Å². The lowest BCUT2D eigenvalue weighted by molar-refractivity contribution is -0.130. The van der Waals surface area contributed by atoms with Crippen LogP contribution in [-0.2, 0) is 18.4 Å². The first-order chi connectivity index (χ1) is 13.1. The van der Waals surface area contributed by atoms with Gasteiger partial charge < -0.3 is 9.47 Å². The number of carbonyl (C=O) groups excluding carboxylic acids is 1. The molecular formula is C23H33N3O. The van der Waals surface area contributed by atoms with Gasteiger partial charge in [0, 0.05) is 56.2 Å².